The van der Waals surface area contributed by atoms with Crippen LogP contribution in [0.2, 0.25) is 0 Å². The lowest BCUT2D eigenvalue weighted by Crippen LogP contribution is -2.49. The molecule has 0 heterocycles. The highest BCUT2D eigenvalue weighted by Gasteiger charge is 2.47. The monoisotopic (exact) mass is 463 g/mol. The number of benzene rings is 4. The van der Waals surface area contributed by atoms with E-state index in [9.17, 15) is 10.2 Å². The van der Waals surface area contributed by atoms with Gasteiger partial charge in [0.25, 0.3) is 0 Å². The minimum Gasteiger partial charge on any atom is -0.396 e. The van der Waals surface area contributed by atoms with Gasteiger partial charge in [-0.2, -0.15) is 0 Å². The Labute approximate surface area is 208 Å². The van der Waals surface area contributed by atoms with E-state index in [0.717, 1.165) is 24.0 Å². The number of fused-ring (bicyclic) bond motifs is 3. The third-order valence-electron chi connectivity index (χ3n) is 7.37. The molecule has 3 heteroatoms. The Morgan fingerprint density at radius 1 is 0.771 bits per heavy atom. The molecule has 3 unspecified atom stereocenters. The van der Waals surface area contributed by atoms with Gasteiger partial charge in [-0.1, -0.05) is 116 Å². The van der Waals surface area contributed by atoms with Crippen LogP contribution in [0.3, 0.4) is 0 Å². The lowest BCUT2D eigenvalue weighted by Gasteiger charge is -2.38. The van der Waals surface area contributed by atoms with Crippen LogP contribution in [0.1, 0.15) is 47.6 Å². The van der Waals surface area contributed by atoms with Crippen molar-refractivity contribution in [2.75, 3.05) is 6.61 Å². The molecule has 0 aliphatic heterocycles. The second-order valence-electron chi connectivity index (χ2n) is 9.52. The Morgan fingerprint density at radius 2 is 1.43 bits per heavy atom. The summed E-state index contributed by atoms with van der Waals surface area (Å²) in [6.07, 6.45) is 1.33. The van der Waals surface area contributed by atoms with E-state index in [2.05, 4.69) is 103 Å². The zero-order valence-electron chi connectivity index (χ0n) is 20.2. The molecular formula is C32H33NO2. The van der Waals surface area contributed by atoms with Crippen molar-refractivity contribution in [2.24, 2.45) is 5.92 Å². The highest BCUT2D eigenvalue weighted by Crippen LogP contribution is 2.52. The number of rotatable bonds is 9. The minimum absolute atomic E-state index is 0.0426. The van der Waals surface area contributed by atoms with Crippen LogP contribution in [0.5, 0.6) is 0 Å². The minimum atomic E-state index is -0.781. The maximum Gasteiger partial charge on any atom is 0.106 e. The van der Waals surface area contributed by atoms with Crippen molar-refractivity contribution in [1.82, 2.24) is 5.32 Å². The summed E-state index contributed by atoms with van der Waals surface area (Å²) in [5.41, 5.74) is 7.63. The molecule has 0 amide bonds. The summed E-state index contributed by atoms with van der Waals surface area (Å²) < 4.78 is 0. The fourth-order valence-electron chi connectivity index (χ4n) is 5.63. The third-order valence-corrected chi connectivity index (χ3v) is 7.37. The normalized spacial score (nSPS) is 18.0. The molecule has 178 valence electrons. The first-order valence-corrected chi connectivity index (χ1v) is 12.6. The van der Waals surface area contributed by atoms with E-state index in [1.165, 1.54) is 27.8 Å². The van der Waals surface area contributed by atoms with Crippen LogP contribution in [0.25, 0.3) is 11.1 Å². The van der Waals surface area contributed by atoms with E-state index in [-0.39, 0.29) is 12.5 Å². The topological polar surface area (TPSA) is 52.5 Å². The highest BCUT2D eigenvalue weighted by atomic mass is 16.3. The van der Waals surface area contributed by atoms with Crippen molar-refractivity contribution in [3.05, 3.63) is 131 Å². The second kappa shape index (κ2) is 10.2. The molecule has 3 nitrogen and oxygen atoms in total. The summed E-state index contributed by atoms with van der Waals surface area (Å²) in [5.74, 6) is 0.0426. The summed E-state index contributed by atoms with van der Waals surface area (Å²) in [7, 11) is 0. The average Bonchev–Trinajstić information content (AvgIpc) is 3.20. The summed E-state index contributed by atoms with van der Waals surface area (Å²) in [5, 5.41) is 24.9. The molecule has 0 fully saturated rings. The van der Waals surface area contributed by atoms with Gasteiger partial charge in [-0.3, -0.25) is 5.32 Å². The molecule has 0 saturated carbocycles. The number of aliphatic hydroxyl groups is 2. The molecule has 3 atom stereocenters. The van der Waals surface area contributed by atoms with Gasteiger partial charge in [0.1, 0.15) is 6.23 Å². The first-order valence-electron chi connectivity index (χ1n) is 12.6. The summed E-state index contributed by atoms with van der Waals surface area (Å²) in [6.45, 7) is 2.12. The average molecular weight is 464 g/mol. The largest absolute Gasteiger partial charge is 0.396 e. The fourth-order valence-corrected chi connectivity index (χ4v) is 5.63. The van der Waals surface area contributed by atoms with E-state index in [4.69, 9.17) is 0 Å². The van der Waals surface area contributed by atoms with Gasteiger partial charge in [-0.15, -0.1) is 0 Å². The predicted molar refractivity (Wildman–Crippen MR) is 142 cm³/mol. The molecule has 1 aliphatic rings. The molecule has 0 aromatic heterocycles. The van der Waals surface area contributed by atoms with E-state index in [1.54, 1.807) is 0 Å². The summed E-state index contributed by atoms with van der Waals surface area (Å²) >= 11 is 0. The standard InChI is InChI=1S/C32H33NO2/c1-2-23(22-34)21-30(35)33-32(26-15-7-4-8-16-26)29-19-10-9-17-27(29)28-18-11-14-25(31(28)32)20-24-12-5-3-6-13-24/h3-19,23,30,33-35H,2,20-22H2,1H3. The van der Waals surface area contributed by atoms with Crippen LogP contribution in [-0.4, -0.2) is 23.0 Å². The van der Waals surface area contributed by atoms with Crippen LogP contribution in [-0.2, 0) is 12.0 Å². The van der Waals surface area contributed by atoms with Crippen molar-refractivity contribution in [3.63, 3.8) is 0 Å². The van der Waals surface area contributed by atoms with Crippen molar-refractivity contribution in [1.29, 1.82) is 0 Å². The van der Waals surface area contributed by atoms with Crippen LogP contribution in [0, 0.1) is 5.92 Å². The van der Waals surface area contributed by atoms with Crippen LogP contribution >= 0.6 is 0 Å². The lowest BCUT2D eigenvalue weighted by molar-refractivity contribution is 0.0703. The highest BCUT2D eigenvalue weighted by molar-refractivity contribution is 5.84. The molecule has 0 radical (unpaired) electrons. The Kier molecular flexibility index (Phi) is 6.83. The number of hydrogen-bond acceptors (Lipinski definition) is 3. The lowest BCUT2D eigenvalue weighted by atomic mass is 9.77. The van der Waals surface area contributed by atoms with Gasteiger partial charge < -0.3 is 10.2 Å². The van der Waals surface area contributed by atoms with Gasteiger partial charge in [0.05, 0.1) is 5.54 Å². The van der Waals surface area contributed by atoms with Gasteiger partial charge >= 0.3 is 0 Å². The maximum absolute atomic E-state index is 11.4. The predicted octanol–water partition coefficient (Wildman–Crippen LogP) is 5.87. The second-order valence-corrected chi connectivity index (χ2v) is 9.52. The van der Waals surface area contributed by atoms with Crippen molar-refractivity contribution in [3.8, 4) is 11.1 Å². The zero-order valence-corrected chi connectivity index (χ0v) is 20.2. The van der Waals surface area contributed by atoms with E-state index in [1.807, 2.05) is 12.1 Å². The molecule has 0 spiro atoms. The number of aliphatic hydroxyl groups excluding tert-OH is 2. The first kappa shape index (κ1) is 23.5. The molecule has 35 heavy (non-hydrogen) atoms. The van der Waals surface area contributed by atoms with Crippen molar-refractivity contribution in [2.45, 2.75) is 38.0 Å². The smallest absolute Gasteiger partial charge is 0.106 e. The first-order chi connectivity index (χ1) is 17.2. The molecule has 4 aromatic carbocycles. The molecule has 5 rings (SSSR count). The molecule has 3 N–H and O–H groups in total. The maximum atomic E-state index is 11.4. The van der Waals surface area contributed by atoms with Crippen molar-refractivity contribution < 1.29 is 10.2 Å². The zero-order chi connectivity index (χ0) is 24.3. The van der Waals surface area contributed by atoms with Gasteiger partial charge in [0, 0.05) is 6.61 Å². The van der Waals surface area contributed by atoms with Crippen LogP contribution in [0.15, 0.2) is 103 Å². The van der Waals surface area contributed by atoms with E-state index >= 15 is 0 Å². The molecule has 1 aliphatic carbocycles. The molecule has 0 bridgehead atoms. The summed E-state index contributed by atoms with van der Waals surface area (Å²) in [4.78, 5) is 0. The third kappa shape index (κ3) is 4.32. The molecule has 4 aromatic rings. The van der Waals surface area contributed by atoms with Gasteiger partial charge in [-0.05, 0) is 57.7 Å². The summed E-state index contributed by atoms with van der Waals surface area (Å²) in [6, 6.07) is 36.1. The van der Waals surface area contributed by atoms with Gasteiger partial charge in [-0.25, -0.2) is 0 Å². The van der Waals surface area contributed by atoms with Crippen molar-refractivity contribution >= 4 is 0 Å². The Bertz CT molecular complexity index is 1270. The SMILES string of the molecule is CCC(CO)CC(O)NC1(c2ccccc2)c2ccccc2-c2cccc(Cc3ccccc3)c21. The van der Waals surface area contributed by atoms with Crippen LogP contribution < -0.4 is 5.32 Å². The fraction of sp³-hybridized carbons (Fsp3) is 0.250. The Hall–Kier alpha value is -3.24. The number of hydrogen-bond donors (Lipinski definition) is 3. The Morgan fingerprint density at radius 3 is 2.14 bits per heavy atom. The quantitative estimate of drug-likeness (QED) is 0.272. The van der Waals surface area contributed by atoms with Gasteiger partial charge in [0.2, 0.25) is 0 Å². The Balaban J connectivity index is 1.72. The van der Waals surface area contributed by atoms with E-state index < -0.39 is 11.8 Å². The van der Waals surface area contributed by atoms with Crippen LogP contribution in [0.4, 0.5) is 0 Å². The number of nitrogens with one attached hydrogen (secondary N) is 1. The van der Waals surface area contributed by atoms with Gasteiger partial charge in [0.15, 0.2) is 0 Å². The molecule has 0 saturated heterocycles. The van der Waals surface area contributed by atoms with E-state index in [0.29, 0.717) is 6.42 Å². The molecular weight excluding hydrogens is 430 g/mol.